The monoisotopic (exact) mass is 330 g/mol. The molecule has 0 bridgehead atoms. The predicted octanol–water partition coefficient (Wildman–Crippen LogP) is 2.75. The highest BCUT2D eigenvalue weighted by Gasteiger charge is 2.17. The zero-order chi connectivity index (χ0) is 16.1. The molecule has 5 heteroatoms. The van der Waals surface area contributed by atoms with Crippen LogP contribution in [0, 0.1) is 0 Å². The quantitative estimate of drug-likeness (QED) is 0.814. The van der Waals surface area contributed by atoms with Gasteiger partial charge in [0.1, 0.15) is 0 Å². The highest BCUT2D eigenvalue weighted by molar-refractivity contribution is 7.80. The van der Waals surface area contributed by atoms with Crippen LogP contribution < -0.4 is 10.6 Å². The summed E-state index contributed by atoms with van der Waals surface area (Å²) in [6, 6.07) is 8.52. The minimum atomic E-state index is 0.850. The van der Waals surface area contributed by atoms with Gasteiger partial charge < -0.3 is 20.4 Å². The molecule has 2 aliphatic rings. The van der Waals surface area contributed by atoms with Crippen LogP contribution in [0.15, 0.2) is 30.5 Å². The number of likely N-dealkylation sites (N-methyl/N-ethyl adjacent to an activating group) is 1. The van der Waals surface area contributed by atoms with Crippen molar-refractivity contribution in [3.05, 3.63) is 36.0 Å². The first-order valence-corrected chi connectivity index (χ1v) is 8.99. The average molecular weight is 331 g/mol. The highest BCUT2D eigenvalue weighted by Crippen LogP contribution is 2.29. The van der Waals surface area contributed by atoms with E-state index in [1.165, 1.54) is 16.8 Å². The van der Waals surface area contributed by atoms with Crippen LogP contribution in [-0.4, -0.2) is 54.2 Å². The number of anilines is 1. The van der Waals surface area contributed by atoms with Crippen molar-refractivity contribution >= 4 is 28.6 Å². The van der Waals surface area contributed by atoms with E-state index in [0.717, 1.165) is 57.2 Å². The van der Waals surface area contributed by atoms with Crippen LogP contribution in [0.1, 0.15) is 25.3 Å². The van der Waals surface area contributed by atoms with E-state index < -0.39 is 0 Å². The number of hydrogen-bond acceptors (Lipinski definition) is 3. The van der Waals surface area contributed by atoms with E-state index in [2.05, 4.69) is 57.8 Å². The van der Waals surface area contributed by atoms with Crippen LogP contribution in [0.2, 0.25) is 0 Å². The first kappa shape index (κ1) is 16.3. The van der Waals surface area contributed by atoms with Gasteiger partial charge in [0.2, 0.25) is 0 Å². The van der Waals surface area contributed by atoms with Crippen molar-refractivity contribution in [1.82, 2.24) is 15.1 Å². The number of nitrogens with zero attached hydrogens (tertiary/aromatic N) is 2. The van der Waals surface area contributed by atoms with Crippen molar-refractivity contribution in [2.75, 3.05) is 44.6 Å². The zero-order valence-corrected chi connectivity index (χ0v) is 14.7. The number of hydrogen-bond donors (Lipinski definition) is 2. The van der Waals surface area contributed by atoms with E-state index >= 15 is 0 Å². The number of para-hydroxylation sites is 1. The SMILES string of the molecule is CCN1CCN(C(=S)N/C=C2/CCCNc3ccccc32)CC1. The minimum Gasteiger partial charge on any atom is -0.385 e. The van der Waals surface area contributed by atoms with Crippen LogP contribution in [0.3, 0.4) is 0 Å². The van der Waals surface area contributed by atoms with Crippen molar-refractivity contribution in [2.45, 2.75) is 19.8 Å². The molecule has 0 unspecified atom stereocenters. The first-order chi connectivity index (χ1) is 11.3. The van der Waals surface area contributed by atoms with Crippen LogP contribution >= 0.6 is 12.2 Å². The molecule has 4 nitrogen and oxygen atoms in total. The van der Waals surface area contributed by atoms with Gasteiger partial charge >= 0.3 is 0 Å². The lowest BCUT2D eigenvalue weighted by atomic mass is 10.0. The Hall–Kier alpha value is -1.59. The van der Waals surface area contributed by atoms with E-state index in [-0.39, 0.29) is 0 Å². The second-order valence-electron chi connectivity index (χ2n) is 6.12. The van der Waals surface area contributed by atoms with Crippen molar-refractivity contribution in [3.8, 4) is 0 Å². The molecule has 0 aliphatic carbocycles. The van der Waals surface area contributed by atoms with Gasteiger partial charge in [-0.3, -0.25) is 0 Å². The fraction of sp³-hybridized carbons (Fsp3) is 0.500. The number of fused-ring (bicyclic) bond motifs is 1. The Labute approximate surface area is 144 Å². The molecule has 2 heterocycles. The molecule has 1 saturated heterocycles. The number of nitrogens with one attached hydrogen (secondary N) is 2. The lowest BCUT2D eigenvalue weighted by molar-refractivity contribution is 0.189. The molecule has 2 N–H and O–H groups in total. The molecule has 23 heavy (non-hydrogen) atoms. The molecule has 3 rings (SSSR count). The summed E-state index contributed by atoms with van der Waals surface area (Å²) in [5, 5.41) is 7.72. The lowest BCUT2D eigenvalue weighted by Crippen LogP contribution is -2.50. The van der Waals surface area contributed by atoms with Gasteiger partial charge in [-0.25, -0.2) is 0 Å². The molecule has 124 valence electrons. The van der Waals surface area contributed by atoms with Crippen LogP contribution in [0.25, 0.3) is 5.57 Å². The van der Waals surface area contributed by atoms with Gasteiger partial charge in [-0.15, -0.1) is 0 Å². The Bertz CT molecular complexity index is 576. The van der Waals surface area contributed by atoms with E-state index in [9.17, 15) is 0 Å². The number of allylic oxidation sites excluding steroid dienone is 1. The molecular weight excluding hydrogens is 304 g/mol. The Balaban J connectivity index is 1.64. The van der Waals surface area contributed by atoms with Crippen molar-refractivity contribution < 1.29 is 0 Å². The second kappa shape index (κ2) is 7.79. The van der Waals surface area contributed by atoms with Gasteiger partial charge in [0, 0.05) is 50.2 Å². The number of thiocarbonyl (C=S) groups is 1. The number of piperazine rings is 1. The zero-order valence-electron chi connectivity index (χ0n) is 13.8. The van der Waals surface area contributed by atoms with Gasteiger partial charge in [-0.05, 0) is 43.2 Å². The van der Waals surface area contributed by atoms with Crippen molar-refractivity contribution in [2.24, 2.45) is 0 Å². The summed E-state index contributed by atoms with van der Waals surface area (Å²) < 4.78 is 0. The van der Waals surface area contributed by atoms with Gasteiger partial charge in [-0.1, -0.05) is 25.1 Å². The van der Waals surface area contributed by atoms with Crippen molar-refractivity contribution in [1.29, 1.82) is 0 Å². The minimum absolute atomic E-state index is 0.850. The van der Waals surface area contributed by atoms with Gasteiger partial charge in [0.05, 0.1) is 0 Å². The van der Waals surface area contributed by atoms with E-state index in [4.69, 9.17) is 12.2 Å². The summed E-state index contributed by atoms with van der Waals surface area (Å²) in [6.07, 6.45) is 4.33. The van der Waals surface area contributed by atoms with E-state index in [1.807, 2.05) is 0 Å². The molecule has 0 aromatic heterocycles. The average Bonchev–Trinajstić information content (AvgIpc) is 2.82. The Morgan fingerprint density at radius 3 is 2.83 bits per heavy atom. The smallest absolute Gasteiger partial charge is 0.173 e. The Kier molecular flexibility index (Phi) is 5.51. The Morgan fingerprint density at radius 2 is 2.04 bits per heavy atom. The van der Waals surface area contributed by atoms with Gasteiger partial charge in [0.15, 0.2) is 5.11 Å². The number of rotatable bonds is 2. The largest absolute Gasteiger partial charge is 0.385 e. The third-order valence-electron chi connectivity index (χ3n) is 4.69. The summed E-state index contributed by atoms with van der Waals surface area (Å²) in [7, 11) is 0. The van der Waals surface area contributed by atoms with Gasteiger partial charge in [-0.2, -0.15) is 0 Å². The maximum absolute atomic E-state index is 5.59. The third-order valence-corrected chi connectivity index (χ3v) is 5.06. The summed E-state index contributed by atoms with van der Waals surface area (Å²) >= 11 is 5.59. The topological polar surface area (TPSA) is 30.5 Å². The molecule has 2 aliphatic heterocycles. The molecular formula is C18H26N4S. The summed E-state index contributed by atoms with van der Waals surface area (Å²) in [5.74, 6) is 0. The molecule has 0 atom stereocenters. The fourth-order valence-electron chi connectivity index (χ4n) is 3.21. The lowest BCUT2D eigenvalue weighted by Gasteiger charge is -2.35. The van der Waals surface area contributed by atoms with Crippen molar-refractivity contribution in [3.63, 3.8) is 0 Å². The van der Waals surface area contributed by atoms with E-state index in [0.29, 0.717) is 0 Å². The Morgan fingerprint density at radius 1 is 1.26 bits per heavy atom. The summed E-state index contributed by atoms with van der Waals surface area (Å²) in [4.78, 5) is 4.74. The highest BCUT2D eigenvalue weighted by atomic mass is 32.1. The van der Waals surface area contributed by atoms with Gasteiger partial charge in [0.25, 0.3) is 0 Å². The predicted molar refractivity (Wildman–Crippen MR) is 102 cm³/mol. The van der Waals surface area contributed by atoms with Crippen LogP contribution in [-0.2, 0) is 0 Å². The summed E-state index contributed by atoms with van der Waals surface area (Å²) in [5.41, 5.74) is 3.84. The van der Waals surface area contributed by atoms with Crippen LogP contribution in [0.4, 0.5) is 5.69 Å². The maximum Gasteiger partial charge on any atom is 0.173 e. The standard InChI is InChI=1S/C18H26N4S/c1-2-21-10-12-22(13-11-21)18(23)20-14-15-6-5-9-19-17-8-4-3-7-16(15)17/h3-4,7-8,14,19H,2,5-6,9-13H2,1H3,(H,20,23)/b15-14-. The van der Waals surface area contributed by atoms with E-state index in [1.54, 1.807) is 0 Å². The molecule has 0 radical (unpaired) electrons. The first-order valence-electron chi connectivity index (χ1n) is 8.58. The second-order valence-corrected chi connectivity index (χ2v) is 6.50. The third kappa shape index (κ3) is 4.03. The summed E-state index contributed by atoms with van der Waals surface area (Å²) in [6.45, 7) is 8.60. The normalized spacial score (nSPS) is 20.6. The van der Waals surface area contributed by atoms with Crippen LogP contribution in [0.5, 0.6) is 0 Å². The molecule has 0 amide bonds. The maximum atomic E-state index is 5.59. The molecule has 1 fully saturated rings. The fourth-order valence-corrected chi connectivity index (χ4v) is 3.45. The molecule has 1 aromatic rings. The molecule has 0 spiro atoms. The number of benzene rings is 1. The molecule has 0 saturated carbocycles. The molecule has 1 aromatic carbocycles.